The van der Waals surface area contributed by atoms with Gasteiger partial charge in [-0.15, -0.1) is 0 Å². The van der Waals surface area contributed by atoms with Gasteiger partial charge in [0.15, 0.2) is 5.78 Å². The van der Waals surface area contributed by atoms with E-state index in [0.717, 1.165) is 6.42 Å². The van der Waals surface area contributed by atoms with Gasteiger partial charge in [-0.25, -0.2) is 0 Å². The molecule has 7 nitrogen and oxygen atoms in total. The van der Waals surface area contributed by atoms with Crippen molar-refractivity contribution in [2.24, 2.45) is 5.92 Å². The third-order valence-corrected chi connectivity index (χ3v) is 3.05. The van der Waals surface area contributed by atoms with Crippen LogP contribution in [0.15, 0.2) is 0 Å². The molecule has 0 aliphatic carbocycles. The largest absolute Gasteiger partial charge is 0.377 e. The summed E-state index contributed by atoms with van der Waals surface area (Å²) in [5.74, 6) is 0.171. The van der Waals surface area contributed by atoms with Crippen molar-refractivity contribution in [2.75, 3.05) is 59.4 Å². The van der Waals surface area contributed by atoms with E-state index < -0.39 is 0 Å². The molecule has 0 atom stereocenters. The molecule has 0 aromatic rings. The predicted molar refractivity (Wildman–Crippen MR) is 91.0 cm³/mol. The molecule has 0 aliphatic heterocycles. The van der Waals surface area contributed by atoms with E-state index in [1.165, 1.54) is 0 Å². The zero-order chi connectivity index (χ0) is 18.0. The highest BCUT2D eigenvalue weighted by atomic mass is 16.6. The first-order valence-corrected chi connectivity index (χ1v) is 8.68. The van der Waals surface area contributed by atoms with E-state index in [9.17, 15) is 9.59 Å². The second kappa shape index (κ2) is 16.8. The number of rotatable bonds is 17. The standard InChI is InChI=1S/C17H33NO6/c1-4-5-17(20)18-6-7-21-8-9-22-10-11-23-12-13-24-14-16(19)15(2)3/h15H,4-14H2,1-3H3,(H,18,20). The number of carbonyl (C=O) groups is 2. The van der Waals surface area contributed by atoms with Crippen LogP contribution in [0.5, 0.6) is 0 Å². The molecular weight excluding hydrogens is 314 g/mol. The molecule has 0 bridgehead atoms. The number of Topliss-reactive ketones (excluding diaryl/α,β-unsaturated/α-hetero) is 1. The lowest BCUT2D eigenvalue weighted by Crippen LogP contribution is -2.27. The molecule has 1 amide bonds. The number of hydrogen-bond acceptors (Lipinski definition) is 6. The Balaban J connectivity index is 3.13. The summed E-state index contributed by atoms with van der Waals surface area (Å²) in [5.41, 5.74) is 0. The first-order valence-electron chi connectivity index (χ1n) is 8.68. The number of ether oxygens (including phenoxy) is 4. The number of hydrogen-bond donors (Lipinski definition) is 1. The van der Waals surface area contributed by atoms with Crippen molar-refractivity contribution in [3.63, 3.8) is 0 Å². The Bertz CT molecular complexity index is 322. The molecule has 7 heteroatoms. The summed E-state index contributed by atoms with van der Waals surface area (Å²) in [6, 6.07) is 0. The smallest absolute Gasteiger partial charge is 0.220 e. The fourth-order valence-corrected chi connectivity index (χ4v) is 1.58. The number of amides is 1. The topological polar surface area (TPSA) is 83.1 Å². The second-order valence-electron chi connectivity index (χ2n) is 5.61. The maximum absolute atomic E-state index is 11.3. The van der Waals surface area contributed by atoms with E-state index in [-0.39, 0.29) is 24.2 Å². The molecule has 1 N–H and O–H groups in total. The molecular formula is C17H33NO6. The number of ketones is 1. The Morgan fingerprint density at radius 2 is 1.33 bits per heavy atom. The summed E-state index contributed by atoms with van der Waals surface area (Å²) in [4.78, 5) is 22.5. The average molecular weight is 347 g/mol. The van der Waals surface area contributed by atoms with Gasteiger partial charge in [-0.2, -0.15) is 0 Å². The summed E-state index contributed by atoms with van der Waals surface area (Å²) in [6.07, 6.45) is 1.41. The molecule has 142 valence electrons. The van der Waals surface area contributed by atoms with Crippen LogP contribution in [0.25, 0.3) is 0 Å². The Morgan fingerprint density at radius 3 is 1.83 bits per heavy atom. The summed E-state index contributed by atoms with van der Waals surface area (Å²) >= 11 is 0. The Hall–Kier alpha value is -1.02. The molecule has 0 saturated carbocycles. The summed E-state index contributed by atoms with van der Waals surface area (Å²) in [6.45, 7) is 9.64. The summed E-state index contributed by atoms with van der Waals surface area (Å²) in [5, 5.41) is 2.77. The highest BCUT2D eigenvalue weighted by Gasteiger charge is 2.06. The number of carbonyl (C=O) groups excluding carboxylic acids is 2. The normalized spacial score (nSPS) is 11.0. The molecule has 0 fully saturated rings. The van der Waals surface area contributed by atoms with Gasteiger partial charge in [-0.3, -0.25) is 9.59 Å². The highest BCUT2D eigenvalue weighted by molar-refractivity contribution is 5.81. The number of nitrogens with one attached hydrogen (secondary N) is 1. The van der Waals surface area contributed by atoms with Crippen LogP contribution in [0.4, 0.5) is 0 Å². The van der Waals surface area contributed by atoms with Crippen molar-refractivity contribution in [3.05, 3.63) is 0 Å². The third kappa shape index (κ3) is 15.9. The Labute approximate surface area is 145 Å². The third-order valence-electron chi connectivity index (χ3n) is 3.05. The van der Waals surface area contributed by atoms with E-state index in [2.05, 4.69) is 5.32 Å². The van der Waals surface area contributed by atoms with E-state index in [1.807, 2.05) is 20.8 Å². The highest BCUT2D eigenvalue weighted by Crippen LogP contribution is 1.94. The van der Waals surface area contributed by atoms with E-state index in [4.69, 9.17) is 18.9 Å². The Kier molecular flexibility index (Phi) is 16.1. The molecule has 24 heavy (non-hydrogen) atoms. The lowest BCUT2D eigenvalue weighted by molar-refractivity contribution is -0.127. The first kappa shape index (κ1) is 23.0. The summed E-state index contributed by atoms with van der Waals surface area (Å²) < 4.78 is 21.2. The van der Waals surface area contributed by atoms with Crippen LogP contribution < -0.4 is 5.32 Å². The van der Waals surface area contributed by atoms with Gasteiger partial charge in [0.25, 0.3) is 0 Å². The Morgan fingerprint density at radius 1 is 0.833 bits per heavy atom. The van der Waals surface area contributed by atoms with Crippen LogP contribution in [0.3, 0.4) is 0 Å². The van der Waals surface area contributed by atoms with Crippen molar-refractivity contribution in [3.8, 4) is 0 Å². The monoisotopic (exact) mass is 347 g/mol. The summed E-state index contributed by atoms with van der Waals surface area (Å²) in [7, 11) is 0. The van der Waals surface area contributed by atoms with Crippen LogP contribution >= 0.6 is 0 Å². The minimum atomic E-state index is 0.00847. The van der Waals surface area contributed by atoms with Crippen molar-refractivity contribution in [1.82, 2.24) is 5.32 Å². The molecule has 0 aromatic carbocycles. The van der Waals surface area contributed by atoms with E-state index >= 15 is 0 Å². The molecule has 0 heterocycles. The average Bonchev–Trinajstić information content (AvgIpc) is 2.55. The van der Waals surface area contributed by atoms with Crippen LogP contribution in [-0.2, 0) is 28.5 Å². The van der Waals surface area contributed by atoms with Crippen LogP contribution in [-0.4, -0.2) is 71.1 Å². The van der Waals surface area contributed by atoms with Gasteiger partial charge >= 0.3 is 0 Å². The van der Waals surface area contributed by atoms with Gasteiger partial charge < -0.3 is 24.3 Å². The molecule has 0 aliphatic rings. The van der Waals surface area contributed by atoms with Gasteiger partial charge in [0.2, 0.25) is 5.91 Å². The maximum atomic E-state index is 11.3. The van der Waals surface area contributed by atoms with Crippen molar-refractivity contribution >= 4 is 11.7 Å². The fourth-order valence-electron chi connectivity index (χ4n) is 1.58. The second-order valence-corrected chi connectivity index (χ2v) is 5.61. The molecule has 0 rings (SSSR count). The lowest BCUT2D eigenvalue weighted by Gasteiger charge is -2.08. The van der Waals surface area contributed by atoms with Crippen LogP contribution in [0.2, 0.25) is 0 Å². The lowest BCUT2D eigenvalue weighted by atomic mass is 10.1. The van der Waals surface area contributed by atoms with Crippen molar-refractivity contribution in [2.45, 2.75) is 33.6 Å². The minimum absolute atomic E-state index is 0.00847. The minimum Gasteiger partial charge on any atom is -0.377 e. The van der Waals surface area contributed by atoms with E-state index in [1.54, 1.807) is 0 Å². The maximum Gasteiger partial charge on any atom is 0.220 e. The van der Waals surface area contributed by atoms with Gasteiger partial charge in [0.1, 0.15) is 6.61 Å². The fraction of sp³-hybridized carbons (Fsp3) is 0.882. The van der Waals surface area contributed by atoms with Gasteiger partial charge in [-0.05, 0) is 6.42 Å². The van der Waals surface area contributed by atoms with E-state index in [0.29, 0.717) is 59.2 Å². The molecule has 0 radical (unpaired) electrons. The van der Waals surface area contributed by atoms with Crippen LogP contribution in [0.1, 0.15) is 33.6 Å². The van der Waals surface area contributed by atoms with Crippen molar-refractivity contribution < 1.29 is 28.5 Å². The van der Waals surface area contributed by atoms with Crippen LogP contribution in [0, 0.1) is 5.92 Å². The SMILES string of the molecule is CCCC(=O)NCCOCCOCCOCCOCC(=O)C(C)C. The quantitative estimate of drug-likeness (QED) is 0.398. The van der Waals surface area contributed by atoms with Crippen molar-refractivity contribution in [1.29, 1.82) is 0 Å². The molecule has 0 spiro atoms. The van der Waals surface area contributed by atoms with Gasteiger partial charge in [0, 0.05) is 18.9 Å². The molecule has 0 aromatic heterocycles. The zero-order valence-electron chi connectivity index (χ0n) is 15.3. The van der Waals surface area contributed by atoms with Gasteiger partial charge in [-0.1, -0.05) is 20.8 Å². The van der Waals surface area contributed by atoms with Gasteiger partial charge in [0.05, 0.1) is 46.2 Å². The zero-order valence-corrected chi connectivity index (χ0v) is 15.3. The predicted octanol–water partition coefficient (Wildman–Crippen LogP) is 1.19. The molecule has 0 unspecified atom stereocenters. The molecule has 0 saturated heterocycles. The first-order chi connectivity index (χ1) is 11.6.